The molecule has 6 heteroatoms. The third-order valence-electron chi connectivity index (χ3n) is 3.79. The van der Waals surface area contributed by atoms with E-state index in [9.17, 15) is 4.79 Å². The van der Waals surface area contributed by atoms with Crippen molar-refractivity contribution in [3.05, 3.63) is 23.2 Å². The normalized spacial score (nSPS) is 23.9. The second kappa shape index (κ2) is 7.31. The number of carbonyl (C=O) groups excluding carboxylic acids is 1. The van der Waals surface area contributed by atoms with Crippen LogP contribution in [-0.4, -0.2) is 49.3 Å². The number of nitrogens with zero attached hydrogens (tertiary/aromatic N) is 1. The Morgan fingerprint density at radius 2 is 2.05 bits per heavy atom. The quantitative estimate of drug-likeness (QED) is 0.924. The van der Waals surface area contributed by atoms with Gasteiger partial charge < -0.3 is 14.8 Å². The molecule has 0 saturated carbocycles. The Morgan fingerprint density at radius 1 is 1.41 bits per heavy atom. The highest BCUT2D eigenvalue weighted by molar-refractivity contribution is 6.32. The van der Waals surface area contributed by atoms with Gasteiger partial charge in [0.05, 0.1) is 30.4 Å². The molecule has 2 rings (SSSR count). The smallest absolute Gasteiger partial charge is 0.241 e. The van der Waals surface area contributed by atoms with E-state index < -0.39 is 0 Å². The van der Waals surface area contributed by atoms with Crippen molar-refractivity contribution in [3.8, 4) is 5.75 Å². The van der Waals surface area contributed by atoms with Crippen molar-refractivity contribution < 1.29 is 14.3 Å². The molecule has 5 nitrogen and oxygen atoms in total. The number of ether oxygens (including phenoxy) is 2. The summed E-state index contributed by atoms with van der Waals surface area (Å²) in [5.41, 5.74) is 0.664. The highest BCUT2D eigenvalue weighted by atomic mass is 35.5. The molecule has 1 amide bonds. The number of amides is 1. The van der Waals surface area contributed by atoms with Gasteiger partial charge in [-0.25, -0.2) is 0 Å². The fraction of sp³-hybridized carbons (Fsp3) is 0.562. The lowest BCUT2D eigenvalue weighted by atomic mass is 10.1. The molecule has 1 heterocycles. The summed E-state index contributed by atoms with van der Waals surface area (Å²) in [7, 11) is 1.56. The summed E-state index contributed by atoms with van der Waals surface area (Å²) in [6, 6.07) is 4.98. The van der Waals surface area contributed by atoms with E-state index in [0.717, 1.165) is 13.1 Å². The number of benzene rings is 1. The lowest BCUT2D eigenvalue weighted by Crippen LogP contribution is -2.52. The molecule has 122 valence electrons. The van der Waals surface area contributed by atoms with E-state index in [0.29, 0.717) is 16.5 Å². The van der Waals surface area contributed by atoms with Gasteiger partial charge in [-0.1, -0.05) is 11.6 Å². The average molecular weight is 327 g/mol. The van der Waals surface area contributed by atoms with Gasteiger partial charge in [0, 0.05) is 18.8 Å². The number of nitrogens with one attached hydrogen (secondary N) is 1. The number of halogens is 1. The SMILES string of the molecule is COc1ccc(NC(=O)[C@H](C)N2C[C@H](C)O[C@@H](C)C2)cc1Cl. The van der Waals surface area contributed by atoms with Gasteiger partial charge in [0.15, 0.2) is 0 Å². The zero-order chi connectivity index (χ0) is 16.3. The van der Waals surface area contributed by atoms with Crippen LogP contribution in [0.3, 0.4) is 0 Å². The molecule has 1 aliphatic rings. The van der Waals surface area contributed by atoms with Crippen molar-refractivity contribution in [2.75, 3.05) is 25.5 Å². The Morgan fingerprint density at radius 3 is 2.59 bits per heavy atom. The van der Waals surface area contributed by atoms with Gasteiger partial charge in [-0.2, -0.15) is 0 Å². The number of carbonyl (C=O) groups is 1. The Balaban J connectivity index is 2.00. The number of morpholine rings is 1. The van der Waals surface area contributed by atoms with E-state index in [1.54, 1.807) is 25.3 Å². The first kappa shape index (κ1) is 17.1. The maximum atomic E-state index is 12.4. The number of hydrogen-bond donors (Lipinski definition) is 1. The highest BCUT2D eigenvalue weighted by Crippen LogP contribution is 2.27. The maximum absolute atomic E-state index is 12.4. The Labute approximate surface area is 136 Å². The summed E-state index contributed by atoms with van der Waals surface area (Å²) >= 11 is 6.08. The van der Waals surface area contributed by atoms with E-state index >= 15 is 0 Å². The molecule has 1 aliphatic heterocycles. The minimum atomic E-state index is -0.227. The largest absolute Gasteiger partial charge is 0.495 e. The fourth-order valence-corrected chi connectivity index (χ4v) is 2.95. The molecule has 0 unspecified atom stereocenters. The van der Waals surface area contributed by atoms with Crippen molar-refractivity contribution in [2.24, 2.45) is 0 Å². The monoisotopic (exact) mass is 326 g/mol. The van der Waals surface area contributed by atoms with Gasteiger partial charge in [-0.05, 0) is 39.0 Å². The Bertz CT molecular complexity index is 528. The summed E-state index contributed by atoms with van der Waals surface area (Å²) < 4.78 is 10.8. The van der Waals surface area contributed by atoms with Crippen molar-refractivity contribution >= 4 is 23.2 Å². The number of anilines is 1. The average Bonchev–Trinajstić information content (AvgIpc) is 2.45. The van der Waals surface area contributed by atoms with Gasteiger partial charge in [-0.3, -0.25) is 9.69 Å². The van der Waals surface area contributed by atoms with Crippen molar-refractivity contribution in [1.29, 1.82) is 0 Å². The molecule has 1 saturated heterocycles. The van der Waals surface area contributed by atoms with Crippen LogP contribution in [0.1, 0.15) is 20.8 Å². The van der Waals surface area contributed by atoms with E-state index in [1.807, 2.05) is 20.8 Å². The summed E-state index contributed by atoms with van der Waals surface area (Å²) in [5, 5.41) is 3.37. The summed E-state index contributed by atoms with van der Waals surface area (Å²) in [6.07, 6.45) is 0.267. The minimum Gasteiger partial charge on any atom is -0.495 e. The van der Waals surface area contributed by atoms with Crippen molar-refractivity contribution in [3.63, 3.8) is 0 Å². The highest BCUT2D eigenvalue weighted by Gasteiger charge is 2.29. The molecule has 3 atom stereocenters. The molecule has 22 heavy (non-hydrogen) atoms. The van der Waals surface area contributed by atoms with Crippen LogP contribution in [0.5, 0.6) is 5.75 Å². The Kier molecular flexibility index (Phi) is 5.67. The maximum Gasteiger partial charge on any atom is 0.241 e. The first-order valence-electron chi connectivity index (χ1n) is 7.44. The first-order chi connectivity index (χ1) is 10.4. The van der Waals surface area contributed by atoms with Crippen LogP contribution < -0.4 is 10.1 Å². The summed E-state index contributed by atoms with van der Waals surface area (Å²) in [6.45, 7) is 7.46. The molecule has 0 spiro atoms. The predicted molar refractivity (Wildman–Crippen MR) is 87.7 cm³/mol. The molecule has 1 aromatic carbocycles. The molecule has 0 bridgehead atoms. The number of rotatable bonds is 4. The lowest BCUT2D eigenvalue weighted by molar-refractivity contribution is -0.126. The van der Waals surface area contributed by atoms with Gasteiger partial charge in [0.25, 0.3) is 0 Å². The number of methoxy groups -OCH3 is 1. The first-order valence-corrected chi connectivity index (χ1v) is 7.82. The zero-order valence-corrected chi connectivity index (χ0v) is 14.2. The lowest BCUT2D eigenvalue weighted by Gasteiger charge is -2.38. The standard InChI is InChI=1S/C16H23ClN2O3/c1-10-8-19(9-11(2)22-10)12(3)16(20)18-13-5-6-15(21-4)14(17)7-13/h5-7,10-12H,8-9H2,1-4H3,(H,18,20)/t10-,11-,12-/m0/s1. The van der Waals surface area contributed by atoms with Crippen LogP contribution in [0.4, 0.5) is 5.69 Å². The van der Waals surface area contributed by atoms with Crippen LogP contribution in [0.2, 0.25) is 5.02 Å². The molecule has 0 radical (unpaired) electrons. The third-order valence-corrected chi connectivity index (χ3v) is 4.09. The van der Waals surface area contributed by atoms with Gasteiger partial charge in [0.1, 0.15) is 5.75 Å². The predicted octanol–water partition coefficient (Wildman–Crippen LogP) is 2.78. The van der Waals surface area contributed by atoms with E-state index in [-0.39, 0.29) is 24.2 Å². The second-order valence-corrected chi connectivity index (χ2v) is 6.13. The zero-order valence-electron chi connectivity index (χ0n) is 13.4. The number of hydrogen-bond acceptors (Lipinski definition) is 4. The van der Waals surface area contributed by atoms with Gasteiger partial charge >= 0.3 is 0 Å². The molecule has 1 N–H and O–H groups in total. The van der Waals surface area contributed by atoms with Crippen molar-refractivity contribution in [2.45, 2.75) is 39.0 Å². The van der Waals surface area contributed by atoms with Crippen LogP contribution in [0.25, 0.3) is 0 Å². The molecule has 1 aromatic rings. The molecular formula is C16H23ClN2O3. The fourth-order valence-electron chi connectivity index (χ4n) is 2.69. The molecule has 0 aliphatic carbocycles. The minimum absolute atomic E-state index is 0.0532. The third kappa shape index (κ3) is 4.12. The van der Waals surface area contributed by atoms with Crippen LogP contribution in [-0.2, 0) is 9.53 Å². The summed E-state index contributed by atoms with van der Waals surface area (Å²) in [5.74, 6) is 0.533. The second-order valence-electron chi connectivity index (χ2n) is 5.73. The van der Waals surface area contributed by atoms with Gasteiger partial charge in [0.2, 0.25) is 5.91 Å². The van der Waals surface area contributed by atoms with E-state index in [4.69, 9.17) is 21.1 Å². The van der Waals surface area contributed by atoms with Crippen molar-refractivity contribution in [1.82, 2.24) is 4.90 Å². The Hall–Kier alpha value is -1.30. The molecule has 1 fully saturated rings. The van der Waals surface area contributed by atoms with Crippen LogP contribution in [0, 0.1) is 0 Å². The molecular weight excluding hydrogens is 304 g/mol. The van der Waals surface area contributed by atoms with E-state index in [1.165, 1.54) is 0 Å². The molecule has 0 aromatic heterocycles. The van der Waals surface area contributed by atoms with Crippen LogP contribution in [0.15, 0.2) is 18.2 Å². The van der Waals surface area contributed by atoms with E-state index in [2.05, 4.69) is 10.2 Å². The summed E-state index contributed by atoms with van der Waals surface area (Å²) in [4.78, 5) is 14.6. The van der Waals surface area contributed by atoms with Crippen LogP contribution >= 0.6 is 11.6 Å². The topological polar surface area (TPSA) is 50.8 Å². The van der Waals surface area contributed by atoms with Gasteiger partial charge in [-0.15, -0.1) is 0 Å².